The molecule has 328 valence electrons. The van der Waals surface area contributed by atoms with Crippen LogP contribution in [0.2, 0.25) is 0 Å². The number of carboxylic acids is 1. The van der Waals surface area contributed by atoms with Crippen molar-refractivity contribution in [2.45, 2.75) is 148 Å². The van der Waals surface area contributed by atoms with Crippen molar-refractivity contribution in [1.29, 1.82) is 0 Å². The molecule has 0 amide bonds. The first-order valence-corrected chi connectivity index (χ1v) is 20.6. The molecule has 4 rings (SSSR count). The molecule has 2 fully saturated rings. The summed E-state index contributed by atoms with van der Waals surface area (Å²) in [5.74, 6) is -4.09. The Morgan fingerprint density at radius 2 is 1.76 bits per heavy atom. The number of aromatic nitrogens is 1. The lowest BCUT2D eigenvalue weighted by Crippen LogP contribution is -2.53. The molecule has 14 heteroatoms. The molecule has 0 spiro atoms. The van der Waals surface area contributed by atoms with Gasteiger partial charge in [-0.25, -0.2) is 4.79 Å². The fourth-order valence-corrected chi connectivity index (χ4v) is 7.78. The highest BCUT2D eigenvalue weighted by Crippen LogP contribution is 2.41. The zero-order valence-corrected chi connectivity index (χ0v) is 36.1. The Balaban J connectivity index is 1.41. The summed E-state index contributed by atoms with van der Waals surface area (Å²) in [4.78, 5) is 38.1. The molecule has 1 aromatic carbocycles. The maximum Gasteiger partial charge on any atom is 0.330 e. The number of allylic oxidation sites excluding steroid dienone is 1. The second-order valence-electron chi connectivity index (χ2n) is 16.5. The molecule has 59 heavy (non-hydrogen) atoms. The van der Waals surface area contributed by atoms with E-state index in [1.807, 2.05) is 64.1 Å². The topological polar surface area (TPSA) is 193 Å². The van der Waals surface area contributed by atoms with E-state index in [0.29, 0.717) is 36.3 Å². The Morgan fingerprint density at radius 1 is 1.05 bits per heavy atom. The summed E-state index contributed by atoms with van der Waals surface area (Å²) in [5.41, 5.74) is 3.27. The highest BCUT2D eigenvalue weighted by atomic mass is 16.7. The van der Waals surface area contributed by atoms with Crippen LogP contribution in [-0.2, 0) is 51.1 Å². The van der Waals surface area contributed by atoms with Gasteiger partial charge >= 0.3 is 11.9 Å². The summed E-state index contributed by atoms with van der Waals surface area (Å²) < 4.78 is 40.8. The summed E-state index contributed by atoms with van der Waals surface area (Å²) in [6.07, 6.45) is 2.43. The summed E-state index contributed by atoms with van der Waals surface area (Å²) in [7, 11) is 4.21. The van der Waals surface area contributed by atoms with Crippen molar-refractivity contribution in [3.63, 3.8) is 0 Å². The molecule has 1 aromatic heterocycles. The normalized spacial score (nSPS) is 26.6. The number of ketones is 1. The van der Waals surface area contributed by atoms with Crippen LogP contribution in [0.1, 0.15) is 109 Å². The van der Waals surface area contributed by atoms with Crippen LogP contribution in [0.15, 0.2) is 58.2 Å². The van der Waals surface area contributed by atoms with Gasteiger partial charge < -0.3 is 48.3 Å². The smallest absolute Gasteiger partial charge is 0.330 e. The van der Waals surface area contributed by atoms with Crippen LogP contribution in [0, 0.1) is 17.8 Å². The number of ether oxygens (including phenoxy) is 6. The highest BCUT2D eigenvalue weighted by molar-refractivity contribution is 5.83. The molecule has 2 aliphatic heterocycles. The molecule has 0 aliphatic carbocycles. The molecule has 2 saturated heterocycles. The second-order valence-corrected chi connectivity index (χ2v) is 16.5. The molecule has 0 bridgehead atoms. The molecule has 3 N–H and O–H groups in total. The van der Waals surface area contributed by atoms with E-state index in [-0.39, 0.29) is 68.5 Å². The van der Waals surface area contributed by atoms with E-state index in [0.717, 1.165) is 16.8 Å². The first-order chi connectivity index (χ1) is 28.0. The minimum Gasteiger partial charge on any atom is -0.497 e. The number of aliphatic carboxylic acids is 1. The average Bonchev–Trinajstić information content (AvgIpc) is 3.69. The molecule has 0 saturated carbocycles. The van der Waals surface area contributed by atoms with Gasteiger partial charge in [-0.3, -0.25) is 9.59 Å². The van der Waals surface area contributed by atoms with E-state index in [4.69, 9.17) is 32.9 Å². The second kappa shape index (κ2) is 22.1. The van der Waals surface area contributed by atoms with Gasteiger partial charge in [0.15, 0.2) is 5.79 Å². The Kier molecular flexibility index (Phi) is 17.9. The number of esters is 1. The van der Waals surface area contributed by atoms with E-state index >= 15 is 0 Å². The number of nitrogens with zero attached hydrogens (tertiary/aromatic N) is 1. The number of benzene rings is 1. The summed E-state index contributed by atoms with van der Waals surface area (Å²) in [6.45, 7) is 11.3. The van der Waals surface area contributed by atoms with Crippen molar-refractivity contribution >= 4 is 17.7 Å². The van der Waals surface area contributed by atoms with Crippen molar-refractivity contribution in [1.82, 2.24) is 5.16 Å². The van der Waals surface area contributed by atoms with Crippen molar-refractivity contribution in [2.24, 2.45) is 17.8 Å². The molecule has 0 unspecified atom stereocenters. The van der Waals surface area contributed by atoms with Gasteiger partial charge in [0.25, 0.3) is 0 Å². The number of rotatable bonds is 21. The fourth-order valence-electron chi connectivity index (χ4n) is 7.78. The molecule has 3 heterocycles. The van der Waals surface area contributed by atoms with E-state index in [2.05, 4.69) is 5.16 Å². The third-order valence-corrected chi connectivity index (χ3v) is 11.9. The minimum absolute atomic E-state index is 0.0189. The number of carboxylic acid groups (broad SMARTS) is 1. The quantitative estimate of drug-likeness (QED) is 0.0701. The summed E-state index contributed by atoms with van der Waals surface area (Å²) in [5, 5.41) is 36.3. The number of carbonyl (C=O) groups excluding carboxylic acids is 2. The van der Waals surface area contributed by atoms with Gasteiger partial charge in [-0.05, 0) is 64.2 Å². The van der Waals surface area contributed by atoms with Crippen LogP contribution in [0.25, 0.3) is 0 Å². The number of carbonyl (C=O) groups is 3. The largest absolute Gasteiger partial charge is 0.497 e. The van der Waals surface area contributed by atoms with Crippen LogP contribution < -0.4 is 4.74 Å². The zero-order valence-electron chi connectivity index (χ0n) is 36.1. The number of aliphatic hydroxyl groups excluding tert-OH is 2. The average molecular weight is 828 g/mol. The van der Waals surface area contributed by atoms with Crippen LogP contribution in [-0.4, -0.2) is 102 Å². The maximum atomic E-state index is 13.5. The van der Waals surface area contributed by atoms with Crippen LogP contribution in [0.4, 0.5) is 0 Å². The van der Waals surface area contributed by atoms with E-state index < -0.39 is 54.0 Å². The number of aliphatic hydroxyl groups is 2. The SMILES string of the molecule is COC(=O)/C=C1\C[C@H]([C@@H](CC[C@@H](O)[C@@H](C)C(=O)CC[C@@H](C)c2cc(C[C@@H]3O[C@H](C=C(C)C)C[C@H](O)[C@@H]3C)no2)OCc2ccc(OC)cc2)O[C@](OC)([C@H](C)C(=O)O)C1. The van der Waals surface area contributed by atoms with Gasteiger partial charge in [0, 0.05) is 62.7 Å². The number of Topliss-reactive ketones (excluding diaryl/α,β-unsaturated/α-hetero) is 1. The standard InChI is InChI=1S/C45H65NO13/c1-26(2)18-35-23-38(49)29(5)41(57-35)22-33-21-40(59-46-33)27(3)10-15-36(47)28(4)37(48)16-17-39(56-25-31-11-13-34(53-7)14-12-31)42-19-32(20-43(50)54-8)24-45(55-9,58-42)30(6)44(51)52/h11-14,18,20-21,27-30,35,37-39,41-42,48-49H,10,15-17,19,22-25H2,1-9H3,(H,51,52)/b32-20+/t27-,28+,29+,30-,35-,37-,38+,39-,41+,42-,45+/m1/s1. The van der Waals surface area contributed by atoms with Gasteiger partial charge in [0.05, 0.1) is 63.1 Å². The third-order valence-electron chi connectivity index (χ3n) is 11.9. The van der Waals surface area contributed by atoms with Crippen molar-refractivity contribution in [2.75, 3.05) is 21.3 Å². The Bertz CT molecular complexity index is 1730. The summed E-state index contributed by atoms with van der Waals surface area (Å²) in [6, 6.07) is 9.24. The van der Waals surface area contributed by atoms with Crippen molar-refractivity contribution < 1.29 is 62.6 Å². The fraction of sp³-hybridized carbons (Fsp3) is 0.644. The first kappa shape index (κ1) is 47.8. The van der Waals surface area contributed by atoms with Gasteiger partial charge in [-0.2, -0.15) is 0 Å². The van der Waals surface area contributed by atoms with Crippen LogP contribution in [0.3, 0.4) is 0 Å². The van der Waals surface area contributed by atoms with Crippen molar-refractivity contribution in [3.8, 4) is 5.75 Å². The Labute approximate surface area is 348 Å². The zero-order chi connectivity index (χ0) is 43.4. The third kappa shape index (κ3) is 13.3. The number of hydrogen-bond donors (Lipinski definition) is 3. The molecule has 0 radical (unpaired) electrons. The van der Waals surface area contributed by atoms with E-state index in [1.165, 1.54) is 27.2 Å². The van der Waals surface area contributed by atoms with E-state index in [9.17, 15) is 29.7 Å². The lowest BCUT2D eigenvalue weighted by atomic mass is 9.84. The molecule has 14 nitrogen and oxygen atoms in total. The van der Waals surface area contributed by atoms with Gasteiger partial charge in [0.1, 0.15) is 23.2 Å². The lowest BCUT2D eigenvalue weighted by Gasteiger charge is -2.45. The number of methoxy groups -OCH3 is 3. The van der Waals surface area contributed by atoms with Gasteiger partial charge in [-0.15, -0.1) is 0 Å². The molecule has 11 atom stereocenters. The van der Waals surface area contributed by atoms with Gasteiger partial charge in [0.2, 0.25) is 0 Å². The highest BCUT2D eigenvalue weighted by Gasteiger charge is 2.49. The maximum absolute atomic E-state index is 13.5. The molecular formula is C45H65NO13. The van der Waals surface area contributed by atoms with Crippen LogP contribution in [0.5, 0.6) is 5.75 Å². The Morgan fingerprint density at radius 3 is 2.39 bits per heavy atom. The van der Waals surface area contributed by atoms with Gasteiger partial charge in [-0.1, -0.05) is 55.3 Å². The molecular weight excluding hydrogens is 762 g/mol. The van der Waals surface area contributed by atoms with E-state index in [1.54, 1.807) is 14.0 Å². The monoisotopic (exact) mass is 827 g/mol. The molecule has 2 aromatic rings. The molecule has 2 aliphatic rings. The predicted octanol–water partition coefficient (Wildman–Crippen LogP) is 6.50. The van der Waals surface area contributed by atoms with Crippen LogP contribution >= 0.6 is 0 Å². The minimum atomic E-state index is -1.61. The Hall–Kier alpha value is -3.92. The lowest BCUT2D eigenvalue weighted by molar-refractivity contribution is -0.297. The summed E-state index contributed by atoms with van der Waals surface area (Å²) >= 11 is 0. The number of hydrogen-bond acceptors (Lipinski definition) is 13. The first-order valence-electron chi connectivity index (χ1n) is 20.6. The van der Waals surface area contributed by atoms with Crippen molar-refractivity contribution in [3.05, 3.63) is 70.6 Å². The predicted molar refractivity (Wildman–Crippen MR) is 217 cm³/mol.